The second-order valence-electron chi connectivity index (χ2n) is 1.99. The molecule has 54 valence electrons. The summed E-state index contributed by atoms with van der Waals surface area (Å²) in [6.07, 6.45) is 5.38. The van der Waals surface area contributed by atoms with Crippen LogP contribution in [0.25, 0.3) is 0 Å². The Morgan fingerprint density at radius 3 is 2.50 bits per heavy atom. The van der Waals surface area contributed by atoms with Crippen molar-refractivity contribution in [2.24, 2.45) is 4.99 Å². The van der Waals surface area contributed by atoms with Gasteiger partial charge in [-0.1, -0.05) is 19.2 Å². The minimum Gasteiger partial charge on any atom is -0.257 e. The first kappa shape index (κ1) is 8.89. The Kier molecular flexibility index (Phi) is 4.21. The Morgan fingerprint density at radius 1 is 1.50 bits per heavy atom. The summed E-state index contributed by atoms with van der Waals surface area (Å²) in [7, 11) is 0. The zero-order valence-electron chi connectivity index (χ0n) is 6.59. The second kappa shape index (κ2) is 4.74. The summed E-state index contributed by atoms with van der Waals surface area (Å²) in [6.45, 7) is 11.1. The van der Waals surface area contributed by atoms with E-state index in [9.17, 15) is 0 Å². The molecule has 0 saturated heterocycles. The standard InChI is InChI=1S/C9H13N/c1-5-8(3)7-10-9(4)6-2/h5-7H,2,4H2,1,3H3/b8-5-,10-7-. The van der Waals surface area contributed by atoms with Gasteiger partial charge in [-0.3, -0.25) is 4.99 Å². The van der Waals surface area contributed by atoms with Crippen LogP contribution in [0.15, 0.2) is 41.6 Å². The van der Waals surface area contributed by atoms with Crippen LogP contribution in [-0.4, -0.2) is 6.21 Å². The lowest BCUT2D eigenvalue weighted by atomic mass is 10.3. The highest BCUT2D eigenvalue weighted by atomic mass is 14.7. The van der Waals surface area contributed by atoms with Crippen LogP contribution in [0.1, 0.15) is 13.8 Å². The third kappa shape index (κ3) is 3.84. The maximum Gasteiger partial charge on any atom is 0.0552 e. The molecule has 0 unspecified atom stereocenters. The molecule has 1 nitrogen and oxygen atoms in total. The molecule has 0 aromatic rings. The Labute approximate surface area is 62.5 Å². The molecule has 0 rings (SSSR count). The highest BCUT2D eigenvalue weighted by molar-refractivity contribution is 5.78. The molecule has 0 saturated carbocycles. The van der Waals surface area contributed by atoms with Crippen molar-refractivity contribution >= 4 is 6.21 Å². The number of aliphatic imine (C=N–C) groups is 1. The molecule has 1 heteroatoms. The summed E-state index contributed by atoms with van der Waals surface area (Å²) in [5, 5.41) is 0. The fourth-order valence-corrected chi connectivity index (χ4v) is 0.312. The Hall–Kier alpha value is -1.11. The zero-order valence-corrected chi connectivity index (χ0v) is 6.59. The van der Waals surface area contributed by atoms with Crippen LogP contribution in [0.2, 0.25) is 0 Å². The van der Waals surface area contributed by atoms with Gasteiger partial charge in [-0.2, -0.15) is 0 Å². The van der Waals surface area contributed by atoms with E-state index >= 15 is 0 Å². The number of hydrogen-bond acceptors (Lipinski definition) is 1. The predicted molar refractivity (Wildman–Crippen MR) is 47.3 cm³/mol. The van der Waals surface area contributed by atoms with Crippen LogP contribution in [0.5, 0.6) is 0 Å². The number of rotatable bonds is 3. The molecule has 0 amide bonds. The molecule has 0 spiro atoms. The summed E-state index contributed by atoms with van der Waals surface area (Å²) in [5.74, 6) is 0. The Bertz CT molecular complexity index is 181. The zero-order chi connectivity index (χ0) is 7.98. The second-order valence-corrected chi connectivity index (χ2v) is 1.99. The van der Waals surface area contributed by atoms with Gasteiger partial charge in [0.15, 0.2) is 0 Å². The highest BCUT2D eigenvalue weighted by Crippen LogP contribution is 1.93. The average Bonchev–Trinajstić information content (AvgIpc) is 1.99. The van der Waals surface area contributed by atoms with Crippen LogP contribution in [0.3, 0.4) is 0 Å². The topological polar surface area (TPSA) is 12.4 Å². The van der Waals surface area contributed by atoms with Gasteiger partial charge in [0.05, 0.1) is 5.70 Å². The van der Waals surface area contributed by atoms with Crippen molar-refractivity contribution in [1.29, 1.82) is 0 Å². The van der Waals surface area contributed by atoms with Gasteiger partial charge in [0, 0.05) is 6.21 Å². The maximum absolute atomic E-state index is 4.01. The molecule has 0 N–H and O–H groups in total. The first-order valence-corrected chi connectivity index (χ1v) is 3.19. The smallest absolute Gasteiger partial charge is 0.0552 e. The monoisotopic (exact) mass is 135 g/mol. The number of allylic oxidation sites excluding steroid dienone is 3. The van der Waals surface area contributed by atoms with E-state index in [4.69, 9.17) is 0 Å². The average molecular weight is 135 g/mol. The van der Waals surface area contributed by atoms with Gasteiger partial charge >= 0.3 is 0 Å². The minimum absolute atomic E-state index is 0.696. The Morgan fingerprint density at radius 2 is 2.10 bits per heavy atom. The Balaban J connectivity index is 4.00. The molecule has 0 aromatic heterocycles. The number of hydrogen-bond donors (Lipinski definition) is 0. The molecular weight excluding hydrogens is 122 g/mol. The van der Waals surface area contributed by atoms with Crippen LogP contribution < -0.4 is 0 Å². The van der Waals surface area contributed by atoms with Gasteiger partial charge in [-0.05, 0) is 25.5 Å². The molecule has 0 bridgehead atoms. The normalized spacial score (nSPS) is 12.0. The van der Waals surface area contributed by atoms with Crippen molar-refractivity contribution in [2.75, 3.05) is 0 Å². The van der Waals surface area contributed by atoms with Gasteiger partial charge in [0.1, 0.15) is 0 Å². The molecule has 0 aliphatic rings. The van der Waals surface area contributed by atoms with E-state index in [2.05, 4.69) is 18.2 Å². The van der Waals surface area contributed by atoms with Crippen molar-refractivity contribution in [1.82, 2.24) is 0 Å². The van der Waals surface area contributed by atoms with Crippen LogP contribution in [-0.2, 0) is 0 Å². The molecule has 0 fully saturated rings. The summed E-state index contributed by atoms with van der Waals surface area (Å²) >= 11 is 0. The summed E-state index contributed by atoms with van der Waals surface area (Å²) in [5.41, 5.74) is 1.82. The molecule has 0 heterocycles. The van der Waals surface area contributed by atoms with E-state index in [1.807, 2.05) is 19.9 Å². The summed E-state index contributed by atoms with van der Waals surface area (Å²) in [4.78, 5) is 4.01. The lowest BCUT2D eigenvalue weighted by Gasteiger charge is -1.88. The fourth-order valence-electron chi connectivity index (χ4n) is 0.312. The van der Waals surface area contributed by atoms with Crippen LogP contribution >= 0.6 is 0 Å². The maximum atomic E-state index is 4.01. The molecular formula is C9H13N. The van der Waals surface area contributed by atoms with Crippen molar-refractivity contribution in [3.05, 3.63) is 36.6 Å². The molecule has 0 aliphatic carbocycles. The van der Waals surface area contributed by atoms with Gasteiger partial charge in [-0.15, -0.1) is 0 Å². The molecule has 0 atom stereocenters. The third-order valence-corrected chi connectivity index (χ3v) is 1.12. The molecule has 0 aromatic carbocycles. The quantitative estimate of drug-likeness (QED) is 0.417. The predicted octanol–water partition coefficient (Wildman–Crippen LogP) is 2.72. The highest BCUT2D eigenvalue weighted by Gasteiger charge is 1.78. The van der Waals surface area contributed by atoms with Crippen molar-refractivity contribution in [3.63, 3.8) is 0 Å². The van der Waals surface area contributed by atoms with Gasteiger partial charge in [0.2, 0.25) is 0 Å². The van der Waals surface area contributed by atoms with Gasteiger partial charge < -0.3 is 0 Å². The summed E-state index contributed by atoms with van der Waals surface area (Å²) in [6, 6.07) is 0. The van der Waals surface area contributed by atoms with Gasteiger partial charge in [0.25, 0.3) is 0 Å². The number of nitrogens with zero attached hydrogens (tertiary/aromatic N) is 1. The largest absolute Gasteiger partial charge is 0.257 e. The first-order chi connectivity index (χ1) is 4.70. The van der Waals surface area contributed by atoms with Gasteiger partial charge in [-0.25, -0.2) is 0 Å². The van der Waals surface area contributed by atoms with Crippen LogP contribution in [0, 0.1) is 0 Å². The lowest BCUT2D eigenvalue weighted by Crippen LogP contribution is -1.76. The van der Waals surface area contributed by atoms with E-state index in [1.165, 1.54) is 0 Å². The summed E-state index contributed by atoms with van der Waals surface area (Å²) < 4.78 is 0. The van der Waals surface area contributed by atoms with Crippen LogP contribution in [0.4, 0.5) is 0 Å². The fraction of sp³-hybridized carbons (Fsp3) is 0.222. The van der Waals surface area contributed by atoms with E-state index < -0.39 is 0 Å². The first-order valence-electron chi connectivity index (χ1n) is 3.19. The molecule has 0 radical (unpaired) electrons. The molecule has 10 heavy (non-hydrogen) atoms. The van der Waals surface area contributed by atoms with E-state index in [1.54, 1.807) is 12.3 Å². The SMILES string of the molecule is C=CC(=C)/N=C\C(C)=C/C. The van der Waals surface area contributed by atoms with E-state index in [-0.39, 0.29) is 0 Å². The lowest BCUT2D eigenvalue weighted by molar-refractivity contribution is 1.43. The third-order valence-electron chi connectivity index (χ3n) is 1.12. The van der Waals surface area contributed by atoms with Crippen molar-refractivity contribution in [3.8, 4) is 0 Å². The van der Waals surface area contributed by atoms with Crippen molar-refractivity contribution in [2.45, 2.75) is 13.8 Å². The van der Waals surface area contributed by atoms with Crippen molar-refractivity contribution < 1.29 is 0 Å². The van der Waals surface area contributed by atoms with E-state index in [0.29, 0.717) is 5.70 Å². The molecule has 0 aliphatic heterocycles. The van der Waals surface area contributed by atoms with E-state index in [0.717, 1.165) is 5.57 Å². The minimum atomic E-state index is 0.696.